The summed E-state index contributed by atoms with van der Waals surface area (Å²) >= 11 is 0. The topological polar surface area (TPSA) is 73.9 Å². The molecular weight excluding hydrogens is 560 g/mol. The Morgan fingerprint density at radius 1 is 0.822 bits per heavy atom. The van der Waals surface area contributed by atoms with Crippen LogP contribution in [0.5, 0.6) is 0 Å². The van der Waals surface area contributed by atoms with Crippen LogP contribution >= 0.6 is 0 Å². The van der Waals surface area contributed by atoms with E-state index < -0.39 is 0 Å². The van der Waals surface area contributed by atoms with Gasteiger partial charge in [0.2, 0.25) is 0 Å². The number of amides is 2. The monoisotopic (exact) mass is 610 g/mol. The van der Waals surface area contributed by atoms with E-state index in [1.165, 1.54) is 36.8 Å². The summed E-state index contributed by atoms with van der Waals surface area (Å²) in [4.78, 5) is 31.5. The highest BCUT2D eigenvalue weighted by molar-refractivity contribution is 6.06. The number of piperidine rings is 1. The maximum absolute atomic E-state index is 13.6. The van der Waals surface area contributed by atoms with Crippen molar-refractivity contribution >= 4 is 23.2 Å². The first-order valence-electron chi connectivity index (χ1n) is 17.0. The van der Waals surface area contributed by atoms with Crippen LogP contribution in [-0.2, 0) is 17.6 Å². The Balaban J connectivity index is 1.24. The van der Waals surface area contributed by atoms with Gasteiger partial charge in [0.25, 0.3) is 11.8 Å². The molecule has 0 aromatic heterocycles. The average Bonchev–Trinajstić information content (AvgIpc) is 3.08. The normalized spacial score (nSPS) is 16.0. The van der Waals surface area contributed by atoms with Gasteiger partial charge in [-0.15, -0.1) is 0 Å². The third-order valence-electron chi connectivity index (χ3n) is 9.17. The number of aryl methyl sites for hydroxylation is 1. The Morgan fingerprint density at radius 3 is 2.31 bits per heavy atom. The average molecular weight is 611 g/mol. The molecule has 7 heteroatoms. The zero-order valence-electron chi connectivity index (χ0n) is 26.9. The van der Waals surface area contributed by atoms with Crippen molar-refractivity contribution in [3.05, 3.63) is 95.1 Å². The maximum atomic E-state index is 13.6. The van der Waals surface area contributed by atoms with Crippen molar-refractivity contribution < 1.29 is 14.3 Å². The van der Waals surface area contributed by atoms with Crippen molar-refractivity contribution in [1.82, 2.24) is 10.2 Å². The molecular formula is C38H50N4O3. The van der Waals surface area contributed by atoms with Crippen LogP contribution < -0.4 is 15.5 Å². The minimum Gasteiger partial charge on any atom is -0.379 e. The predicted molar refractivity (Wildman–Crippen MR) is 183 cm³/mol. The second-order valence-corrected chi connectivity index (χ2v) is 12.5. The maximum Gasteiger partial charge on any atom is 0.255 e. The molecule has 0 spiro atoms. The first-order chi connectivity index (χ1) is 22.1. The summed E-state index contributed by atoms with van der Waals surface area (Å²) < 4.78 is 5.46. The number of carbonyl (C=O) groups is 2. The smallest absolute Gasteiger partial charge is 0.255 e. The quantitative estimate of drug-likeness (QED) is 0.202. The largest absolute Gasteiger partial charge is 0.379 e. The van der Waals surface area contributed by atoms with E-state index in [-0.39, 0.29) is 11.8 Å². The number of hydrogen-bond donors (Lipinski definition) is 2. The third-order valence-corrected chi connectivity index (χ3v) is 9.17. The fourth-order valence-electron chi connectivity index (χ4n) is 6.43. The van der Waals surface area contributed by atoms with E-state index in [1.54, 1.807) is 0 Å². The van der Waals surface area contributed by atoms with Gasteiger partial charge in [0.1, 0.15) is 0 Å². The van der Waals surface area contributed by atoms with Crippen LogP contribution in [0.3, 0.4) is 0 Å². The standard InChI is InChI=1S/C38H50N4O3/c1-2-3-4-6-9-30-12-14-33(15-13-30)37(43)40-34-16-17-36(35(29-34)38(44)39-20-23-41-24-26-45-27-25-41)42-21-18-32(19-22-42)28-31-10-7-5-8-11-31/h5,7-8,10-17,29,32H,2-4,6,9,18-28H2,1H3,(H,39,44)(H,40,43). The minimum absolute atomic E-state index is 0.104. The molecule has 240 valence electrons. The zero-order chi connectivity index (χ0) is 31.3. The van der Waals surface area contributed by atoms with E-state index in [0.29, 0.717) is 29.3 Å². The Morgan fingerprint density at radius 2 is 1.58 bits per heavy atom. The molecule has 0 radical (unpaired) electrons. The lowest BCUT2D eigenvalue weighted by atomic mass is 9.89. The van der Waals surface area contributed by atoms with E-state index in [0.717, 1.165) is 77.3 Å². The van der Waals surface area contributed by atoms with Crippen LogP contribution in [0.4, 0.5) is 11.4 Å². The Hall–Kier alpha value is -3.68. The molecule has 2 N–H and O–H groups in total. The number of benzene rings is 3. The third kappa shape index (κ3) is 9.90. The molecule has 2 fully saturated rings. The first-order valence-corrected chi connectivity index (χ1v) is 17.0. The molecule has 2 aliphatic heterocycles. The molecule has 3 aromatic rings. The lowest BCUT2D eigenvalue weighted by molar-refractivity contribution is 0.0383. The highest BCUT2D eigenvalue weighted by atomic mass is 16.5. The molecule has 0 atom stereocenters. The summed E-state index contributed by atoms with van der Waals surface area (Å²) in [7, 11) is 0. The summed E-state index contributed by atoms with van der Waals surface area (Å²) in [6, 6.07) is 24.4. The zero-order valence-corrected chi connectivity index (χ0v) is 26.9. The number of rotatable bonds is 14. The van der Waals surface area contributed by atoms with Gasteiger partial charge in [-0.3, -0.25) is 14.5 Å². The van der Waals surface area contributed by atoms with Crippen LogP contribution in [0.1, 0.15) is 77.3 Å². The van der Waals surface area contributed by atoms with Gasteiger partial charge in [0, 0.05) is 56.2 Å². The Kier molecular flexibility index (Phi) is 12.5. The molecule has 45 heavy (non-hydrogen) atoms. The minimum atomic E-state index is -0.166. The number of hydrogen-bond acceptors (Lipinski definition) is 5. The fourth-order valence-corrected chi connectivity index (χ4v) is 6.43. The van der Waals surface area contributed by atoms with Gasteiger partial charge in [0.15, 0.2) is 0 Å². The number of carbonyl (C=O) groups excluding carboxylic acids is 2. The highest BCUT2D eigenvalue weighted by Crippen LogP contribution is 2.30. The molecule has 0 aliphatic carbocycles. The van der Waals surface area contributed by atoms with Gasteiger partial charge in [-0.25, -0.2) is 0 Å². The molecule has 2 aliphatic rings. The molecule has 7 nitrogen and oxygen atoms in total. The molecule has 2 heterocycles. The van der Waals surface area contributed by atoms with Crippen LogP contribution in [0.2, 0.25) is 0 Å². The molecule has 0 saturated carbocycles. The SMILES string of the molecule is CCCCCCc1ccc(C(=O)Nc2ccc(N3CCC(Cc4ccccc4)CC3)c(C(=O)NCCN3CCOCC3)c2)cc1. The lowest BCUT2D eigenvalue weighted by Crippen LogP contribution is -2.41. The predicted octanol–water partition coefficient (Wildman–Crippen LogP) is 6.58. The Bertz CT molecular complexity index is 1350. The molecule has 2 saturated heterocycles. The number of ether oxygens (including phenoxy) is 1. The van der Waals surface area contributed by atoms with E-state index >= 15 is 0 Å². The first kappa shape index (κ1) is 32.7. The number of nitrogens with one attached hydrogen (secondary N) is 2. The van der Waals surface area contributed by atoms with E-state index in [2.05, 4.69) is 69.8 Å². The second-order valence-electron chi connectivity index (χ2n) is 12.5. The number of anilines is 2. The Labute approximate surface area is 269 Å². The lowest BCUT2D eigenvalue weighted by Gasteiger charge is -2.35. The molecule has 5 rings (SSSR count). The van der Waals surface area contributed by atoms with Gasteiger partial charge in [0.05, 0.1) is 18.8 Å². The van der Waals surface area contributed by atoms with Crippen molar-refractivity contribution in [2.45, 2.75) is 58.3 Å². The summed E-state index contributed by atoms with van der Waals surface area (Å²) in [6.45, 7) is 8.65. The van der Waals surface area contributed by atoms with Crippen molar-refractivity contribution in [2.24, 2.45) is 5.92 Å². The van der Waals surface area contributed by atoms with Crippen LogP contribution in [-0.4, -0.2) is 69.2 Å². The summed E-state index contributed by atoms with van der Waals surface area (Å²) in [5.41, 5.74) is 5.44. The van der Waals surface area contributed by atoms with Crippen molar-refractivity contribution in [2.75, 3.05) is 62.7 Å². The van der Waals surface area contributed by atoms with Gasteiger partial charge in [-0.1, -0.05) is 68.7 Å². The van der Waals surface area contributed by atoms with Gasteiger partial charge >= 0.3 is 0 Å². The van der Waals surface area contributed by atoms with Crippen molar-refractivity contribution in [3.63, 3.8) is 0 Å². The molecule has 0 bridgehead atoms. The molecule has 2 amide bonds. The number of nitrogens with zero attached hydrogens (tertiary/aromatic N) is 2. The summed E-state index contributed by atoms with van der Waals surface area (Å²) in [5, 5.41) is 6.20. The van der Waals surface area contributed by atoms with Crippen LogP contribution in [0, 0.1) is 5.92 Å². The van der Waals surface area contributed by atoms with Crippen LogP contribution in [0.15, 0.2) is 72.8 Å². The number of unbranched alkanes of at least 4 members (excludes halogenated alkanes) is 3. The molecule has 3 aromatic carbocycles. The van der Waals surface area contributed by atoms with E-state index in [9.17, 15) is 9.59 Å². The number of morpholine rings is 1. The van der Waals surface area contributed by atoms with E-state index in [1.807, 2.05) is 30.3 Å². The van der Waals surface area contributed by atoms with Crippen molar-refractivity contribution in [1.29, 1.82) is 0 Å². The van der Waals surface area contributed by atoms with Crippen LogP contribution in [0.25, 0.3) is 0 Å². The van der Waals surface area contributed by atoms with Crippen molar-refractivity contribution in [3.8, 4) is 0 Å². The summed E-state index contributed by atoms with van der Waals surface area (Å²) in [5.74, 6) is 0.365. The van der Waals surface area contributed by atoms with Gasteiger partial charge in [-0.2, -0.15) is 0 Å². The summed E-state index contributed by atoms with van der Waals surface area (Å²) in [6.07, 6.45) is 9.20. The highest BCUT2D eigenvalue weighted by Gasteiger charge is 2.24. The van der Waals surface area contributed by atoms with E-state index in [4.69, 9.17) is 4.74 Å². The second kappa shape index (κ2) is 17.1. The van der Waals surface area contributed by atoms with Gasteiger partial charge in [-0.05, 0) is 79.5 Å². The van der Waals surface area contributed by atoms with Gasteiger partial charge < -0.3 is 20.3 Å². The fraction of sp³-hybridized carbons (Fsp3) is 0.474. The molecule has 0 unspecified atom stereocenters.